The lowest BCUT2D eigenvalue weighted by Crippen LogP contribution is -2.39. The number of carbonyl (C=O) groups is 2. The van der Waals surface area contributed by atoms with Crippen LogP contribution < -0.4 is 0 Å². The number of rotatable bonds is 4. The Kier molecular flexibility index (Phi) is 4.71. The fourth-order valence-electron chi connectivity index (χ4n) is 1.51. The number of aliphatic hydroxyl groups excluding tert-OH is 1. The van der Waals surface area contributed by atoms with E-state index in [0.29, 0.717) is 0 Å². The van der Waals surface area contributed by atoms with Gasteiger partial charge in [-0.3, -0.25) is 14.5 Å². The second-order valence-electron chi connectivity index (χ2n) is 4.13. The summed E-state index contributed by atoms with van der Waals surface area (Å²) < 4.78 is 0. The van der Waals surface area contributed by atoms with Crippen LogP contribution >= 0.6 is 0 Å². The van der Waals surface area contributed by atoms with Gasteiger partial charge in [-0.15, -0.1) is 0 Å². The van der Waals surface area contributed by atoms with Crippen LogP contribution in [0, 0.1) is 0 Å². The highest BCUT2D eigenvalue weighted by molar-refractivity contribution is 6.10. The van der Waals surface area contributed by atoms with E-state index in [2.05, 4.69) is 6.58 Å². The van der Waals surface area contributed by atoms with Crippen LogP contribution in [0.3, 0.4) is 0 Å². The highest BCUT2D eigenvalue weighted by atomic mass is 16.3. The highest BCUT2D eigenvalue weighted by Crippen LogP contribution is 2.35. The van der Waals surface area contributed by atoms with E-state index in [4.69, 9.17) is 5.11 Å². The summed E-state index contributed by atoms with van der Waals surface area (Å²) in [6.07, 6.45) is 0. The van der Waals surface area contributed by atoms with Crippen molar-refractivity contribution in [2.24, 2.45) is 0 Å². The summed E-state index contributed by atoms with van der Waals surface area (Å²) >= 11 is 0. The largest absolute Gasteiger partial charge is 0.504 e. The third-order valence-corrected chi connectivity index (χ3v) is 2.50. The van der Waals surface area contributed by atoms with Crippen LogP contribution in [0.15, 0.2) is 24.3 Å². The van der Waals surface area contributed by atoms with Gasteiger partial charge >= 0.3 is 0 Å². The normalized spacial score (nSPS) is 10.1. The number of amides is 2. The van der Waals surface area contributed by atoms with Crippen LogP contribution in [0.4, 0.5) is 0 Å². The summed E-state index contributed by atoms with van der Waals surface area (Å²) in [5.74, 6) is -3.67. The van der Waals surface area contributed by atoms with Crippen molar-refractivity contribution >= 4 is 11.8 Å². The predicted molar refractivity (Wildman–Crippen MR) is 69.4 cm³/mol. The van der Waals surface area contributed by atoms with Crippen molar-refractivity contribution in [1.82, 2.24) is 4.90 Å². The van der Waals surface area contributed by atoms with E-state index in [0.717, 1.165) is 17.0 Å². The quantitative estimate of drug-likeness (QED) is 0.467. The summed E-state index contributed by atoms with van der Waals surface area (Å²) in [6.45, 7) is 4.13. The molecule has 0 radical (unpaired) electrons. The molecule has 0 fully saturated rings. The van der Waals surface area contributed by atoms with Gasteiger partial charge in [0.15, 0.2) is 17.2 Å². The van der Waals surface area contributed by atoms with Crippen molar-refractivity contribution in [3.8, 4) is 17.2 Å². The molecule has 0 saturated carbocycles. The number of nitrogens with zero attached hydrogens (tertiary/aromatic N) is 1. The molecule has 7 nitrogen and oxygen atoms in total. The minimum Gasteiger partial charge on any atom is -0.504 e. The molecule has 0 aliphatic rings. The first-order valence-electron chi connectivity index (χ1n) is 5.67. The van der Waals surface area contributed by atoms with E-state index in [1.807, 2.05) is 0 Å². The Morgan fingerprint density at radius 2 is 1.70 bits per heavy atom. The third kappa shape index (κ3) is 3.07. The van der Waals surface area contributed by atoms with Gasteiger partial charge in [-0.05, 0) is 19.1 Å². The van der Waals surface area contributed by atoms with Crippen LogP contribution in [-0.2, 0) is 4.79 Å². The Hall–Kier alpha value is -2.54. The Balaban J connectivity index is 3.19. The lowest BCUT2D eigenvalue weighted by atomic mass is 10.1. The number of imide groups is 1. The lowest BCUT2D eigenvalue weighted by molar-refractivity contribution is -0.125. The number of hydrogen-bond donors (Lipinski definition) is 4. The van der Waals surface area contributed by atoms with Crippen molar-refractivity contribution in [3.05, 3.63) is 29.8 Å². The minimum absolute atomic E-state index is 0.0963. The maximum atomic E-state index is 12.1. The van der Waals surface area contributed by atoms with E-state index < -0.39 is 35.7 Å². The monoisotopic (exact) mass is 281 g/mol. The minimum atomic E-state index is -0.836. The van der Waals surface area contributed by atoms with Gasteiger partial charge in [0.1, 0.15) is 0 Å². The summed E-state index contributed by atoms with van der Waals surface area (Å²) in [6, 6.07) is 1.82. The summed E-state index contributed by atoms with van der Waals surface area (Å²) in [5, 5.41) is 36.8. The van der Waals surface area contributed by atoms with Crippen molar-refractivity contribution in [2.75, 3.05) is 13.2 Å². The van der Waals surface area contributed by atoms with E-state index in [9.17, 15) is 24.9 Å². The second kappa shape index (κ2) is 6.07. The first-order chi connectivity index (χ1) is 9.29. The average Bonchev–Trinajstić information content (AvgIpc) is 2.39. The van der Waals surface area contributed by atoms with Crippen molar-refractivity contribution in [2.45, 2.75) is 6.92 Å². The number of carbonyl (C=O) groups excluding carboxylic acids is 2. The number of benzene rings is 1. The second-order valence-corrected chi connectivity index (χ2v) is 4.13. The Morgan fingerprint density at radius 3 is 2.10 bits per heavy atom. The topological polar surface area (TPSA) is 118 Å². The molecule has 0 heterocycles. The highest BCUT2D eigenvalue weighted by Gasteiger charge is 2.24. The van der Waals surface area contributed by atoms with Crippen LogP contribution in [0.2, 0.25) is 0 Å². The molecule has 0 aromatic heterocycles. The molecular formula is C13H15NO6. The van der Waals surface area contributed by atoms with Crippen LogP contribution in [0.5, 0.6) is 17.2 Å². The van der Waals surface area contributed by atoms with E-state index >= 15 is 0 Å². The van der Waals surface area contributed by atoms with Gasteiger partial charge in [-0.1, -0.05) is 6.58 Å². The van der Waals surface area contributed by atoms with E-state index in [1.165, 1.54) is 6.92 Å². The van der Waals surface area contributed by atoms with E-state index in [-0.39, 0.29) is 17.7 Å². The van der Waals surface area contributed by atoms with Gasteiger partial charge in [0.25, 0.3) is 11.8 Å². The number of hydrogen-bond acceptors (Lipinski definition) is 6. The van der Waals surface area contributed by atoms with Gasteiger partial charge in [0.05, 0.1) is 13.2 Å². The molecule has 0 atom stereocenters. The zero-order chi connectivity index (χ0) is 15.4. The molecule has 0 unspecified atom stereocenters. The Labute approximate surface area is 115 Å². The molecule has 108 valence electrons. The molecule has 20 heavy (non-hydrogen) atoms. The molecular weight excluding hydrogens is 266 g/mol. The standard InChI is InChI=1S/C13H15NO6/c1-7(2)12(19)14(3-4-15)13(20)8-5-9(16)11(18)10(17)6-8/h5-6,15-18H,1,3-4H2,2H3. The first-order valence-corrected chi connectivity index (χ1v) is 5.67. The molecule has 4 N–H and O–H groups in total. The maximum Gasteiger partial charge on any atom is 0.261 e. The van der Waals surface area contributed by atoms with Gasteiger partial charge in [-0.2, -0.15) is 0 Å². The van der Waals surface area contributed by atoms with E-state index in [1.54, 1.807) is 0 Å². The zero-order valence-electron chi connectivity index (χ0n) is 10.8. The molecule has 0 spiro atoms. The summed E-state index contributed by atoms with van der Waals surface area (Å²) in [7, 11) is 0. The van der Waals surface area contributed by atoms with Crippen LogP contribution in [-0.4, -0.2) is 50.3 Å². The molecule has 1 rings (SSSR count). The van der Waals surface area contributed by atoms with Crippen LogP contribution in [0.25, 0.3) is 0 Å². The van der Waals surface area contributed by atoms with Crippen LogP contribution in [0.1, 0.15) is 17.3 Å². The zero-order valence-corrected chi connectivity index (χ0v) is 10.8. The van der Waals surface area contributed by atoms with Crippen molar-refractivity contribution < 1.29 is 30.0 Å². The van der Waals surface area contributed by atoms with Gasteiger partial charge < -0.3 is 20.4 Å². The Bertz CT molecular complexity index is 543. The van der Waals surface area contributed by atoms with Gasteiger partial charge in [0, 0.05) is 11.1 Å². The number of phenols is 3. The molecule has 0 aliphatic carbocycles. The molecule has 1 aromatic rings. The molecule has 0 aliphatic heterocycles. The SMILES string of the molecule is C=C(C)C(=O)N(CCO)C(=O)c1cc(O)c(O)c(O)c1. The summed E-state index contributed by atoms with van der Waals surface area (Å²) in [5.41, 5.74) is -0.111. The molecule has 2 amide bonds. The number of aliphatic hydroxyl groups is 1. The van der Waals surface area contributed by atoms with Crippen molar-refractivity contribution in [1.29, 1.82) is 0 Å². The number of aromatic hydroxyl groups is 3. The fraction of sp³-hybridized carbons (Fsp3) is 0.231. The molecule has 1 aromatic carbocycles. The smallest absolute Gasteiger partial charge is 0.261 e. The molecule has 0 bridgehead atoms. The first kappa shape index (κ1) is 15.5. The van der Waals surface area contributed by atoms with Gasteiger partial charge in [0.2, 0.25) is 0 Å². The summed E-state index contributed by atoms with van der Waals surface area (Å²) in [4.78, 5) is 24.7. The maximum absolute atomic E-state index is 12.1. The third-order valence-electron chi connectivity index (χ3n) is 2.50. The average molecular weight is 281 g/mol. The lowest BCUT2D eigenvalue weighted by Gasteiger charge is -2.20. The van der Waals surface area contributed by atoms with Crippen molar-refractivity contribution in [3.63, 3.8) is 0 Å². The molecule has 0 saturated heterocycles. The Morgan fingerprint density at radius 1 is 1.20 bits per heavy atom. The number of phenolic OH excluding ortho intramolecular Hbond substituents is 3. The molecule has 7 heteroatoms. The van der Waals surface area contributed by atoms with Gasteiger partial charge in [-0.25, -0.2) is 0 Å². The fourth-order valence-corrected chi connectivity index (χ4v) is 1.51. The predicted octanol–water partition coefficient (Wildman–Crippen LogP) is 0.341.